The highest BCUT2D eigenvalue weighted by Gasteiger charge is 2.40. The number of nitrogens with zero attached hydrogens (tertiary/aromatic N) is 2. The molecule has 1 N–H and O–H groups in total. The molecule has 0 radical (unpaired) electrons. The van der Waals surface area contributed by atoms with Crippen LogP contribution in [-0.2, 0) is 16.4 Å². The van der Waals surface area contributed by atoms with E-state index in [-0.39, 0.29) is 17.5 Å². The Bertz CT molecular complexity index is 684. The van der Waals surface area contributed by atoms with Gasteiger partial charge in [-0.05, 0) is 13.0 Å². The zero-order valence-corrected chi connectivity index (χ0v) is 15.1. The summed E-state index contributed by atoms with van der Waals surface area (Å²) in [6.45, 7) is 6.19. The normalized spacial score (nSPS) is 28.1. The van der Waals surface area contributed by atoms with Crippen LogP contribution in [0, 0.1) is 6.92 Å². The summed E-state index contributed by atoms with van der Waals surface area (Å²) in [5, 5.41) is 10.0. The smallest absolute Gasteiger partial charge is 0.154 e. The number of aryl methyl sites for hydroxylation is 1. The molecule has 1 aromatic carbocycles. The molecular formula is C17H26N2O4S. The van der Waals surface area contributed by atoms with Gasteiger partial charge in [0.15, 0.2) is 9.84 Å². The lowest BCUT2D eigenvalue weighted by Gasteiger charge is -2.38. The number of aliphatic hydroxyl groups is 1. The molecule has 2 heterocycles. The predicted octanol–water partition coefficient (Wildman–Crippen LogP) is 0.279. The van der Waals surface area contributed by atoms with Gasteiger partial charge in [0.2, 0.25) is 0 Å². The minimum absolute atomic E-state index is 0.0832. The number of sulfone groups is 1. The van der Waals surface area contributed by atoms with E-state index in [0.717, 1.165) is 38.5 Å². The predicted molar refractivity (Wildman–Crippen MR) is 93.0 cm³/mol. The molecule has 0 bridgehead atoms. The third kappa shape index (κ3) is 3.91. The average molecular weight is 354 g/mol. The van der Waals surface area contributed by atoms with Crippen molar-refractivity contribution in [1.29, 1.82) is 0 Å². The van der Waals surface area contributed by atoms with Crippen molar-refractivity contribution in [2.75, 3.05) is 44.8 Å². The van der Waals surface area contributed by atoms with Crippen LogP contribution in [0.3, 0.4) is 0 Å². The molecule has 6 nitrogen and oxygen atoms in total. The molecule has 0 spiro atoms. The first-order valence-electron chi connectivity index (χ1n) is 8.36. The number of piperazine rings is 1. The van der Waals surface area contributed by atoms with Crippen molar-refractivity contribution in [3.05, 3.63) is 29.3 Å². The van der Waals surface area contributed by atoms with Crippen LogP contribution in [0.4, 0.5) is 0 Å². The second kappa shape index (κ2) is 7.00. The van der Waals surface area contributed by atoms with E-state index < -0.39 is 15.9 Å². The van der Waals surface area contributed by atoms with Crippen molar-refractivity contribution in [3.63, 3.8) is 0 Å². The van der Waals surface area contributed by atoms with Crippen molar-refractivity contribution in [1.82, 2.24) is 9.80 Å². The standard InChI is InChI=1S/C17H26N2O4S/c1-13-3-4-17(23-2)14(9-13)10-18-5-7-19(8-6-18)15-11-24(21,22)12-16(15)20/h3-4,9,15-16,20H,5-8,10-12H2,1-2H3/t15-,16+/m0/s1. The van der Waals surface area contributed by atoms with E-state index in [2.05, 4.69) is 22.8 Å². The van der Waals surface area contributed by atoms with Crippen LogP contribution in [0.5, 0.6) is 5.75 Å². The summed E-state index contributed by atoms with van der Waals surface area (Å²) in [5.41, 5.74) is 2.39. The summed E-state index contributed by atoms with van der Waals surface area (Å²) in [4.78, 5) is 4.48. The largest absolute Gasteiger partial charge is 0.496 e. The lowest BCUT2D eigenvalue weighted by Crippen LogP contribution is -2.53. The molecule has 2 atom stereocenters. The maximum Gasteiger partial charge on any atom is 0.154 e. The van der Waals surface area contributed by atoms with Crippen LogP contribution in [0.25, 0.3) is 0 Å². The van der Waals surface area contributed by atoms with Crippen LogP contribution >= 0.6 is 0 Å². The number of hydrogen-bond donors (Lipinski definition) is 1. The highest BCUT2D eigenvalue weighted by atomic mass is 32.2. The van der Waals surface area contributed by atoms with Gasteiger partial charge in [0.25, 0.3) is 0 Å². The van der Waals surface area contributed by atoms with E-state index in [0.29, 0.717) is 0 Å². The third-order valence-corrected chi connectivity index (χ3v) is 6.70. The molecule has 2 fully saturated rings. The van der Waals surface area contributed by atoms with Gasteiger partial charge >= 0.3 is 0 Å². The van der Waals surface area contributed by atoms with E-state index in [9.17, 15) is 13.5 Å². The summed E-state index contributed by atoms with van der Waals surface area (Å²) in [5.74, 6) is 0.887. The van der Waals surface area contributed by atoms with Crippen molar-refractivity contribution in [2.24, 2.45) is 0 Å². The highest BCUT2D eigenvalue weighted by molar-refractivity contribution is 7.91. The molecule has 2 saturated heterocycles. The molecule has 0 unspecified atom stereocenters. The molecule has 0 aliphatic carbocycles. The first-order chi connectivity index (χ1) is 11.4. The average Bonchev–Trinajstić information content (AvgIpc) is 2.81. The van der Waals surface area contributed by atoms with Crippen LogP contribution in [0.15, 0.2) is 18.2 Å². The molecule has 24 heavy (non-hydrogen) atoms. The Morgan fingerprint density at radius 1 is 1.21 bits per heavy atom. The third-order valence-electron chi connectivity index (χ3n) is 5.00. The summed E-state index contributed by atoms with van der Waals surface area (Å²) in [6, 6.07) is 5.95. The zero-order chi connectivity index (χ0) is 17.3. The van der Waals surface area contributed by atoms with Gasteiger partial charge in [-0.25, -0.2) is 8.42 Å². The van der Waals surface area contributed by atoms with Crippen LogP contribution in [-0.4, -0.2) is 80.3 Å². The van der Waals surface area contributed by atoms with Crippen LogP contribution < -0.4 is 4.74 Å². The van der Waals surface area contributed by atoms with E-state index in [1.807, 2.05) is 12.1 Å². The van der Waals surface area contributed by atoms with E-state index in [1.165, 1.54) is 11.1 Å². The first-order valence-corrected chi connectivity index (χ1v) is 10.2. The van der Waals surface area contributed by atoms with Gasteiger partial charge < -0.3 is 9.84 Å². The number of ether oxygens (including phenoxy) is 1. The SMILES string of the molecule is COc1ccc(C)cc1CN1CCN([C@H]2CS(=O)(=O)C[C@H]2O)CC1. The Kier molecular flexibility index (Phi) is 5.15. The molecular weight excluding hydrogens is 328 g/mol. The fourth-order valence-electron chi connectivity index (χ4n) is 3.68. The molecule has 2 aliphatic rings. The minimum Gasteiger partial charge on any atom is -0.496 e. The highest BCUT2D eigenvalue weighted by Crippen LogP contribution is 2.24. The Morgan fingerprint density at radius 2 is 1.92 bits per heavy atom. The molecule has 2 aliphatic heterocycles. The first kappa shape index (κ1) is 17.7. The summed E-state index contributed by atoms with van der Waals surface area (Å²) in [6.07, 6.45) is -0.751. The Balaban J connectivity index is 1.59. The lowest BCUT2D eigenvalue weighted by molar-refractivity contribution is 0.0422. The number of aliphatic hydroxyl groups excluding tert-OH is 1. The van der Waals surface area contributed by atoms with Gasteiger partial charge in [0.05, 0.1) is 30.8 Å². The van der Waals surface area contributed by atoms with E-state index >= 15 is 0 Å². The van der Waals surface area contributed by atoms with Gasteiger partial charge in [-0.1, -0.05) is 17.7 Å². The Hall–Kier alpha value is -1.15. The number of methoxy groups -OCH3 is 1. The van der Waals surface area contributed by atoms with Crippen molar-refractivity contribution in [3.8, 4) is 5.75 Å². The molecule has 0 aromatic heterocycles. The molecule has 1 aromatic rings. The van der Waals surface area contributed by atoms with E-state index in [1.54, 1.807) is 7.11 Å². The molecule has 3 rings (SSSR count). The molecule has 7 heteroatoms. The van der Waals surface area contributed by atoms with Crippen molar-refractivity contribution in [2.45, 2.75) is 25.6 Å². The fraction of sp³-hybridized carbons (Fsp3) is 0.647. The topological polar surface area (TPSA) is 70.1 Å². The van der Waals surface area contributed by atoms with Gasteiger partial charge in [-0.3, -0.25) is 9.80 Å². The Labute approximate surface area is 143 Å². The van der Waals surface area contributed by atoms with E-state index in [4.69, 9.17) is 4.74 Å². The maximum atomic E-state index is 11.7. The van der Waals surface area contributed by atoms with Gasteiger partial charge in [0, 0.05) is 38.3 Å². The maximum absolute atomic E-state index is 11.7. The van der Waals surface area contributed by atoms with Crippen LogP contribution in [0.1, 0.15) is 11.1 Å². The molecule has 0 saturated carbocycles. The van der Waals surface area contributed by atoms with Crippen LogP contribution in [0.2, 0.25) is 0 Å². The molecule has 0 amide bonds. The molecule has 134 valence electrons. The fourth-order valence-corrected chi connectivity index (χ4v) is 5.52. The van der Waals surface area contributed by atoms with Crippen molar-refractivity contribution < 1.29 is 18.3 Å². The minimum atomic E-state index is -3.09. The second-order valence-electron chi connectivity index (χ2n) is 6.84. The summed E-state index contributed by atoms with van der Waals surface area (Å²) in [7, 11) is -1.40. The summed E-state index contributed by atoms with van der Waals surface area (Å²) < 4.78 is 28.8. The second-order valence-corrected chi connectivity index (χ2v) is 8.99. The Morgan fingerprint density at radius 3 is 2.50 bits per heavy atom. The quantitative estimate of drug-likeness (QED) is 0.838. The lowest BCUT2D eigenvalue weighted by atomic mass is 10.1. The monoisotopic (exact) mass is 354 g/mol. The van der Waals surface area contributed by atoms with Gasteiger partial charge in [-0.2, -0.15) is 0 Å². The van der Waals surface area contributed by atoms with Gasteiger partial charge in [0.1, 0.15) is 5.75 Å². The number of hydrogen-bond acceptors (Lipinski definition) is 6. The summed E-state index contributed by atoms with van der Waals surface area (Å²) >= 11 is 0. The zero-order valence-electron chi connectivity index (χ0n) is 14.3. The number of benzene rings is 1. The van der Waals surface area contributed by atoms with Crippen molar-refractivity contribution >= 4 is 9.84 Å². The number of rotatable bonds is 4. The van der Waals surface area contributed by atoms with Gasteiger partial charge in [-0.15, -0.1) is 0 Å².